The second-order valence-electron chi connectivity index (χ2n) is 16.3. The maximum atomic E-state index is 15.5. The number of carbonyl (C=O) groups excluding carboxylic acids is 4. The Balaban J connectivity index is 1.10. The van der Waals surface area contributed by atoms with E-state index in [-0.39, 0.29) is 48.0 Å². The van der Waals surface area contributed by atoms with Crippen LogP contribution in [0.2, 0.25) is 0 Å². The molecule has 324 valence electrons. The number of hydrogen-bond donors (Lipinski definition) is 4. The highest BCUT2D eigenvalue weighted by Crippen LogP contribution is 2.37. The maximum absolute atomic E-state index is 15.5. The highest BCUT2D eigenvalue weighted by Gasteiger charge is 2.43. The smallest absolute Gasteiger partial charge is 0.407 e. The number of methoxy groups -OCH3 is 2. The fourth-order valence-corrected chi connectivity index (χ4v) is 8.16. The zero-order chi connectivity index (χ0) is 43.4. The number of likely N-dealkylation sites (tertiary alicyclic amines) is 2. The Morgan fingerprint density at radius 1 is 0.852 bits per heavy atom. The molecule has 5 heterocycles. The molecule has 7 rings (SSSR count). The fraction of sp³-hybridized carbons (Fsp3) is 0.500. The van der Waals surface area contributed by atoms with Crippen LogP contribution in [-0.4, -0.2) is 112 Å². The summed E-state index contributed by atoms with van der Waals surface area (Å²) < 4.78 is 37.2. The van der Waals surface area contributed by atoms with Gasteiger partial charge in [0.1, 0.15) is 29.5 Å². The molecular weight excluding hydrogens is 788 g/mol. The van der Waals surface area contributed by atoms with Crippen molar-refractivity contribution in [2.45, 2.75) is 90.3 Å². The Morgan fingerprint density at radius 2 is 1.52 bits per heavy atom. The first-order chi connectivity index (χ1) is 29.3. The van der Waals surface area contributed by atoms with Crippen molar-refractivity contribution in [3.8, 4) is 23.1 Å². The molecule has 3 aliphatic heterocycles. The van der Waals surface area contributed by atoms with Crippen molar-refractivity contribution >= 4 is 35.0 Å². The molecule has 4 bridgehead atoms. The standard InChI is InChI=1S/C44H53FN8O8/c1-24(2)36(50-43(56)58-5)41(54)52-16-7-9-34(52)39-46-31-19-28(30(45)21-32(31)47-39)15-12-26-10-13-27(14-11-26)38-33-23-60-17-8-18-61-29-20-35(40(48-33)49-38)53(22-29)42(55)37(25(3)4)51-44(57)59-6/h10-11,13-14,19,21,24-25,29,34-37H,7-9,16-18,20,22-23H2,1-6H3,(H,46,47)(H,48,49)(H,50,56)(H,51,57)/t29-,34-,35-,36-,37-/m0/s1. The lowest BCUT2D eigenvalue weighted by Crippen LogP contribution is -2.51. The number of alkyl carbamates (subject to hydrolysis) is 2. The number of nitrogens with zero attached hydrogens (tertiary/aromatic N) is 4. The lowest BCUT2D eigenvalue weighted by atomic mass is 10.0. The third-order valence-corrected chi connectivity index (χ3v) is 11.4. The summed E-state index contributed by atoms with van der Waals surface area (Å²) in [5, 5.41) is 5.35. The van der Waals surface area contributed by atoms with Crippen LogP contribution in [0.1, 0.15) is 93.9 Å². The van der Waals surface area contributed by atoms with E-state index in [4.69, 9.17) is 23.9 Å². The minimum absolute atomic E-state index is 0.174. The Hall–Kier alpha value is -5.99. The molecule has 3 aliphatic rings. The molecule has 0 radical (unpaired) electrons. The van der Waals surface area contributed by atoms with E-state index in [0.717, 1.165) is 17.7 Å². The number of ether oxygens (including phenoxy) is 4. The van der Waals surface area contributed by atoms with Gasteiger partial charge in [0.15, 0.2) is 0 Å². The van der Waals surface area contributed by atoms with Crippen molar-refractivity contribution in [2.24, 2.45) is 11.8 Å². The zero-order valence-corrected chi connectivity index (χ0v) is 35.3. The fourth-order valence-electron chi connectivity index (χ4n) is 8.16. The third-order valence-electron chi connectivity index (χ3n) is 11.4. The van der Waals surface area contributed by atoms with Gasteiger partial charge in [0.2, 0.25) is 11.8 Å². The average molecular weight is 841 g/mol. The van der Waals surface area contributed by atoms with Crippen molar-refractivity contribution in [3.63, 3.8) is 0 Å². The lowest BCUT2D eigenvalue weighted by Gasteiger charge is -2.29. The molecule has 2 aromatic carbocycles. The number of halogens is 1. The SMILES string of the molecule is COC(=O)N[C@H](C(=O)N1C[C@@H]2C[C@H]1c1nc(-c3ccc(C#Cc4cc5[nH]c([C@@H]6CCCN6C(=O)[C@@H](NC(=O)OC)C(C)C)nc5cc4F)cc3)c([nH]1)COCCCO2)C(C)C. The van der Waals surface area contributed by atoms with Crippen molar-refractivity contribution in [2.75, 3.05) is 40.5 Å². The van der Waals surface area contributed by atoms with Crippen molar-refractivity contribution < 1.29 is 42.5 Å². The minimum Gasteiger partial charge on any atom is -0.453 e. The Bertz CT molecular complexity index is 2310. The van der Waals surface area contributed by atoms with Gasteiger partial charge in [-0.2, -0.15) is 0 Å². The van der Waals surface area contributed by atoms with Gasteiger partial charge in [0.05, 0.1) is 67.0 Å². The van der Waals surface area contributed by atoms with Gasteiger partial charge < -0.3 is 49.3 Å². The van der Waals surface area contributed by atoms with Crippen LogP contribution in [-0.2, 0) is 35.1 Å². The van der Waals surface area contributed by atoms with E-state index in [2.05, 4.69) is 37.4 Å². The molecule has 4 N–H and O–H groups in total. The number of carbonyl (C=O) groups is 4. The van der Waals surface area contributed by atoms with E-state index in [1.54, 1.807) is 15.9 Å². The first-order valence-electron chi connectivity index (χ1n) is 20.7. The molecule has 2 saturated heterocycles. The van der Waals surface area contributed by atoms with E-state index in [1.807, 2.05) is 52.0 Å². The number of nitrogens with one attached hydrogen (secondary N) is 4. The molecule has 0 unspecified atom stereocenters. The quantitative estimate of drug-likeness (QED) is 0.165. The second kappa shape index (κ2) is 18.7. The summed E-state index contributed by atoms with van der Waals surface area (Å²) in [6, 6.07) is 8.06. The zero-order valence-electron chi connectivity index (χ0n) is 35.3. The maximum Gasteiger partial charge on any atom is 0.407 e. The number of fused-ring (bicyclic) bond motifs is 6. The van der Waals surface area contributed by atoms with Gasteiger partial charge in [-0.15, -0.1) is 0 Å². The topological polar surface area (TPSA) is 193 Å². The molecule has 17 heteroatoms. The minimum atomic E-state index is -0.801. The predicted octanol–water partition coefficient (Wildman–Crippen LogP) is 5.50. The number of aromatic amines is 2. The number of aromatic nitrogens is 4. The summed E-state index contributed by atoms with van der Waals surface area (Å²) in [7, 11) is 2.52. The molecule has 4 amide bonds. The van der Waals surface area contributed by atoms with E-state index in [9.17, 15) is 19.2 Å². The van der Waals surface area contributed by atoms with E-state index >= 15 is 4.39 Å². The van der Waals surface area contributed by atoms with Gasteiger partial charge in [-0.1, -0.05) is 51.7 Å². The van der Waals surface area contributed by atoms with Crippen LogP contribution >= 0.6 is 0 Å². The van der Waals surface area contributed by atoms with Crippen LogP contribution in [0, 0.1) is 29.5 Å². The van der Waals surface area contributed by atoms with Crippen molar-refractivity contribution in [1.29, 1.82) is 0 Å². The molecule has 5 atom stereocenters. The average Bonchev–Trinajstić information content (AvgIpc) is 4.07. The van der Waals surface area contributed by atoms with Crippen molar-refractivity contribution in [3.05, 3.63) is 70.7 Å². The van der Waals surface area contributed by atoms with Crippen LogP contribution in [0.3, 0.4) is 0 Å². The number of rotatable bonds is 8. The molecule has 16 nitrogen and oxygen atoms in total. The normalized spacial score (nSPS) is 20.0. The van der Waals surface area contributed by atoms with E-state index in [1.165, 1.54) is 20.3 Å². The number of H-pyrrole nitrogens is 2. The highest BCUT2D eigenvalue weighted by molar-refractivity contribution is 5.87. The monoisotopic (exact) mass is 840 g/mol. The summed E-state index contributed by atoms with van der Waals surface area (Å²) >= 11 is 0. The number of imidazole rings is 2. The molecule has 61 heavy (non-hydrogen) atoms. The summed E-state index contributed by atoms with van der Waals surface area (Å²) in [5.74, 6) is 5.80. The number of hydrogen-bond acceptors (Lipinski definition) is 10. The van der Waals surface area contributed by atoms with Gasteiger partial charge in [0, 0.05) is 49.9 Å². The van der Waals surface area contributed by atoms with Crippen LogP contribution in [0.5, 0.6) is 0 Å². The molecular formula is C44H53FN8O8. The third kappa shape index (κ3) is 9.50. The van der Waals surface area contributed by atoms with Crippen LogP contribution in [0.25, 0.3) is 22.3 Å². The van der Waals surface area contributed by atoms with E-state index in [0.29, 0.717) is 79.5 Å². The molecule has 0 spiro atoms. The Labute approximate surface area is 353 Å². The molecule has 2 aromatic heterocycles. The van der Waals surface area contributed by atoms with Gasteiger partial charge in [0.25, 0.3) is 0 Å². The van der Waals surface area contributed by atoms with Gasteiger partial charge in [-0.3, -0.25) is 9.59 Å². The first kappa shape index (κ1) is 43.1. The van der Waals surface area contributed by atoms with Crippen LogP contribution in [0.4, 0.5) is 14.0 Å². The van der Waals surface area contributed by atoms with Gasteiger partial charge in [-0.05, 0) is 49.3 Å². The number of amides is 4. The second-order valence-corrected chi connectivity index (χ2v) is 16.3. The molecule has 4 aromatic rings. The van der Waals surface area contributed by atoms with Gasteiger partial charge >= 0.3 is 12.2 Å². The summed E-state index contributed by atoms with van der Waals surface area (Å²) in [6.07, 6.45) is 1.06. The van der Waals surface area contributed by atoms with E-state index < -0.39 is 36.1 Å². The Morgan fingerprint density at radius 3 is 2.20 bits per heavy atom. The molecule has 0 aliphatic carbocycles. The van der Waals surface area contributed by atoms with Crippen molar-refractivity contribution in [1.82, 2.24) is 40.4 Å². The summed E-state index contributed by atoms with van der Waals surface area (Å²) in [5.41, 5.74) is 4.07. The lowest BCUT2D eigenvalue weighted by molar-refractivity contribution is -0.136. The summed E-state index contributed by atoms with van der Waals surface area (Å²) in [4.78, 5) is 71.6. The molecule has 0 saturated carbocycles. The number of benzene rings is 2. The Kier molecular flexibility index (Phi) is 13.2. The van der Waals surface area contributed by atoms with Gasteiger partial charge in [-0.25, -0.2) is 23.9 Å². The van der Waals surface area contributed by atoms with Crippen LogP contribution in [0.15, 0.2) is 36.4 Å². The summed E-state index contributed by atoms with van der Waals surface area (Å²) in [6.45, 7) is 9.53. The highest BCUT2D eigenvalue weighted by atomic mass is 19.1. The van der Waals surface area contributed by atoms with Crippen LogP contribution < -0.4 is 10.6 Å². The predicted molar refractivity (Wildman–Crippen MR) is 221 cm³/mol. The first-order valence-corrected chi connectivity index (χ1v) is 20.7. The molecule has 2 fully saturated rings. The largest absolute Gasteiger partial charge is 0.453 e.